The molecule has 0 aliphatic heterocycles. The quantitative estimate of drug-likeness (QED) is 0.742. The summed E-state index contributed by atoms with van der Waals surface area (Å²) in [6, 6.07) is 6.23. The highest BCUT2D eigenvalue weighted by molar-refractivity contribution is 5.90. The second-order valence-electron chi connectivity index (χ2n) is 3.27. The fourth-order valence-corrected chi connectivity index (χ4v) is 1.30. The number of hydrogen-bond donors (Lipinski definition) is 2. The van der Waals surface area contributed by atoms with Gasteiger partial charge >= 0.3 is 0 Å². The normalized spacial score (nSPS) is 10.2. The Hall–Kier alpha value is -2.37. The molecule has 0 saturated carbocycles. The lowest BCUT2D eigenvalue weighted by Gasteiger charge is -2.01. The minimum atomic E-state index is -0.590. The van der Waals surface area contributed by atoms with Crippen LogP contribution in [0, 0.1) is 6.07 Å². The maximum atomic E-state index is 10.8. The van der Waals surface area contributed by atoms with E-state index in [9.17, 15) is 4.79 Å². The number of carbonyl (C=O) groups is 1. The molecule has 0 spiro atoms. The predicted octanol–water partition coefficient (Wildman–Crippen LogP) is -0.192. The molecule has 2 aromatic rings. The molecule has 0 unspecified atom stereocenters. The highest BCUT2D eigenvalue weighted by Gasteiger charge is 2.05. The molecule has 2 heterocycles. The average molecular weight is 216 g/mol. The minimum absolute atomic E-state index is 0.127. The van der Waals surface area contributed by atoms with Crippen molar-refractivity contribution in [2.45, 2.75) is 6.54 Å². The number of anilines is 1. The number of primary amides is 1. The summed E-state index contributed by atoms with van der Waals surface area (Å²) < 4.78 is 1.56. The van der Waals surface area contributed by atoms with Crippen molar-refractivity contribution in [2.24, 2.45) is 5.73 Å². The van der Waals surface area contributed by atoms with Crippen molar-refractivity contribution in [1.29, 1.82) is 0 Å². The molecule has 16 heavy (non-hydrogen) atoms. The number of nitrogens with two attached hydrogens (primary N) is 2. The molecule has 0 aromatic carbocycles. The lowest BCUT2D eigenvalue weighted by molar-refractivity contribution is 0.0994. The monoisotopic (exact) mass is 216 g/mol. The van der Waals surface area contributed by atoms with Gasteiger partial charge < -0.3 is 11.5 Å². The van der Waals surface area contributed by atoms with Crippen LogP contribution in [-0.4, -0.2) is 20.7 Å². The fourth-order valence-electron chi connectivity index (χ4n) is 1.30. The zero-order chi connectivity index (χ0) is 11.5. The highest BCUT2D eigenvalue weighted by Crippen LogP contribution is 2.05. The summed E-state index contributed by atoms with van der Waals surface area (Å²) in [6.45, 7) is 0.497. The Balaban J connectivity index is 2.17. The van der Waals surface area contributed by atoms with Gasteiger partial charge in [-0.2, -0.15) is 5.10 Å². The standard InChI is InChI=1S/C10H10N5O/c11-9-5-7(1-3-13-9)6-15-4-2-8(14-15)10(12)16/h1,3-5H,6H2,(H2,11,13)(H2,12,16). The lowest BCUT2D eigenvalue weighted by atomic mass is 10.2. The SMILES string of the molecule is NC(=O)c1[c]cn(Cc2ccnc(N)c2)n1. The van der Waals surface area contributed by atoms with Crippen molar-refractivity contribution in [3.63, 3.8) is 0 Å². The molecule has 0 atom stereocenters. The first-order valence-electron chi connectivity index (χ1n) is 4.60. The summed E-state index contributed by atoms with van der Waals surface area (Å²) in [4.78, 5) is 14.7. The second kappa shape index (κ2) is 4.01. The first-order chi connectivity index (χ1) is 7.65. The van der Waals surface area contributed by atoms with Crippen LogP contribution in [0.3, 0.4) is 0 Å². The highest BCUT2D eigenvalue weighted by atomic mass is 16.1. The first kappa shape index (κ1) is 10.2. The Labute approximate surface area is 91.9 Å². The maximum absolute atomic E-state index is 10.8. The molecule has 0 aliphatic carbocycles. The van der Waals surface area contributed by atoms with Crippen LogP contribution in [0.15, 0.2) is 24.5 Å². The number of nitrogens with zero attached hydrogens (tertiary/aromatic N) is 3. The molecule has 1 amide bonds. The molecule has 81 valence electrons. The Kier molecular flexibility index (Phi) is 2.55. The number of rotatable bonds is 3. The van der Waals surface area contributed by atoms with E-state index in [-0.39, 0.29) is 5.69 Å². The van der Waals surface area contributed by atoms with Gasteiger partial charge in [-0.3, -0.25) is 9.48 Å². The minimum Gasteiger partial charge on any atom is -0.384 e. The van der Waals surface area contributed by atoms with Gasteiger partial charge in [-0.25, -0.2) is 4.98 Å². The van der Waals surface area contributed by atoms with Crippen LogP contribution >= 0.6 is 0 Å². The molecule has 0 fully saturated rings. The second-order valence-corrected chi connectivity index (χ2v) is 3.27. The molecule has 0 aliphatic rings. The third kappa shape index (κ3) is 2.17. The molecule has 1 radical (unpaired) electrons. The van der Waals surface area contributed by atoms with Crippen LogP contribution in [0.5, 0.6) is 0 Å². The average Bonchev–Trinajstić information content (AvgIpc) is 2.66. The zero-order valence-corrected chi connectivity index (χ0v) is 8.42. The van der Waals surface area contributed by atoms with Crippen LogP contribution in [0.25, 0.3) is 0 Å². The van der Waals surface area contributed by atoms with Crippen LogP contribution < -0.4 is 11.5 Å². The van der Waals surface area contributed by atoms with Gasteiger partial charge in [0, 0.05) is 18.5 Å². The number of hydrogen-bond acceptors (Lipinski definition) is 4. The van der Waals surface area contributed by atoms with Crippen molar-refractivity contribution in [2.75, 3.05) is 5.73 Å². The molecule has 0 bridgehead atoms. The predicted molar refractivity (Wildman–Crippen MR) is 57.3 cm³/mol. The van der Waals surface area contributed by atoms with E-state index < -0.39 is 5.91 Å². The third-order valence-electron chi connectivity index (χ3n) is 2.00. The molecule has 2 rings (SSSR count). The van der Waals surface area contributed by atoms with Gasteiger partial charge in [0.2, 0.25) is 0 Å². The molecule has 6 nitrogen and oxygen atoms in total. The van der Waals surface area contributed by atoms with E-state index in [4.69, 9.17) is 11.5 Å². The Bertz CT molecular complexity index is 519. The summed E-state index contributed by atoms with van der Waals surface area (Å²) in [7, 11) is 0. The molecule has 0 saturated heterocycles. The lowest BCUT2D eigenvalue weighted by Crippen LogP contribution is -2.13. The van der Waals surface area contributed by atoms with E-state index in [0.717, 1.165) is 5.56 Å². The van der Waals surface area contributed by atoms with Crippen LogP contribution in [0.4, 0.5) is 5.82 Å². The van der Waals surface area contributed by atoms with Gasteiger partial charge in [0.15, 0.2) is 5.69 Å². The van der Waals surface area contributed by atoms with Crippen LogP contribution in [0.1, 0.15) is 16.1 Å². The largest absolute Gasteiger partial charge is 0.384 e. The summed E-state index contributed by atoms with van der Waals surface area (Å²) in [5, 5.41) is 3.96. The number of nitrogen functional groups attached to an aromatic ring is 1. The van der Waals surface area contributed by atoms with Crippen LogP contribution in [0.2, 0.25) is 0 Å². The van der Waals surface area contributed by atoms with Crippen molar-refractivity contribution >= 4 is 11.7 Å². The molecule has 4 N–H and O–H groups in total. The smallest absolute Gasteiger partial charge is 0.269 e. The zero-order valence-electron chi connectivity index (χ0n) is 8.42. The van der Waals surface area contributed by atoms with Crippen molar-refractivity contribution in [1.82, 2.24) is 14.8 Å². The number of carbonyl (C=O) groups excluding carboxylic acids is 1. The van der Waals surface area contributed by atoms with Gasteiger partial charge in [0.25, 0.3) is 5.91 Å². The van der Waals surface area contributed by atoms with Gasteiger partial charge in [-0.1, -0.05) is 0 Å². The first-order valence-corrected chi connectivity index (χ1v) is 4.60. The Morgan fingerprint density at radius 1 is 1.56 bits per heavy atom. The van der Waals surface area contributed by atoms with Gasteiger partial charge in [-0.05, 0) is 17.7 Å². The molecule has 2 aromatic heterocycles. The van der Waals surface area contributed by atoms with Crippen molar-refractivity contribution < 1.29 is 4.79 Å². The van der Waals surface area contributed by atoms with Crippen molar-refractivity contribution in [3.8, 4) is 0 Å². The number of pyridine rings is 1. The topological polar surface area (TPSA) is 99.8 Å². The summed E-state index contributed by atoms with van der Waals surface area (Å²) in [6.07, 6.45) is 3.18. The van der Waals surface area contributed by atoms with E-state index in [1.807, 2.05) is 6.07 Å². The van der Waals surface area contributed by atoms with Crippen LogP contribution in [-0.2, 0) is 6.54 Å². The summed E-state index contributed by atoms with van der Waals surface area (Å²) in [5.74, 6) is -0.142. The van der Waals surface area contributed by atoms with Crippen molar-refractivity contribution in [3.05, 3.63) is 41.9 Å². The fraction of sp³-hybridized carbons (Fsp3) is 0.100. The van der Waals surface area contributed by atoms with Gasteiger partial charge in [-0.15, -0.1) is 0 Å². The summed E-state index contributed by atoms with van der Waals surface area (Å²) in [5.41, 5.74) is 11.7. The Morgan fingerprint density at radius 3 is 3.00 bits per heavy atom. The number of amides is 1. The number of aromatic nitrogens is 3. The van der Waals surface area contributed by atoms with E-state index in [0.29, 0.717) is 12.4 Å². The van der Waals surface area contributed by atoms with Gasteiger partial charge in [0.05, 0.1) is 6.54 Å². The summed E-state index contributed by atoms with van der Waals surface area (Å²) >= 11 is 0. The van der Waals surface area contributed by atoms with E-state index in [2.05, 4.69) is 16.1 Å². The Morgan fingerprint density at radius 2 is 2.38 bits per heavy atom. The molecule has 6 heteroatoms. The van der Waals surface area contributed by atoms with Gasteiger partial charge in [0.1, 0.15) is 5.82 Å². The van der Waals surface area contributed by atoms with E-state index in [1.54, 1.807) is 23.1 Å². The molecular formula is C10H10N5O. The third-order valence-corrected chi connectivity index (χ3v) is 2.00. The maximum Gasteiger partial charge on any atom is 0.269 e. The van der Waals surface area contributed by atoms with E-state index in [1.165, 1.54) is 0 Å². The molecular weight excluding hydrogens is 206 g/mol. The van der Waals surface area contributed by atoms with E-state index >= 15 is 0 Å².